The van der Waals surface area contributed by atoms with E-state index in [1.807, 2.05) is 6.07 Å². The third kappa shape index (κ3) is 3.90. The molecule has 6 nitrogen and oxygen atoms in total. The smallest absolute Gasteiger partial charge is 0.298 e. The SMILES string of the molecule is O=C(c1ccccc1)c1ccc(Oc2ccc(O)cc2S(=O)(=O)O)cc1. The summed E-state index contributed by atoms with van der Waals surface area (Å²) in [6.07, 6.45) is 0. The van der Waals surface area contributed by atoms with Crippen molar-refractivity contribution < 1.29 is 27.6 Å². The first-order valence-electron chi connectivity index (χ1n) is 7.53. The van der Waals surface area contributed by atoms with Gasteiger partial charge in [0, 0.05) is 17.2 Å². The van der Waals surface area contributed by atoms with E-state index in [2.05, 4.69) is 0 Å². The molecule has 2 N–H and O–H groups in total. The van der Waals surface area contributed by atoms with Crippen molar-refractivity contribution in [2.24, 2.45) is 0 Å². The number of aromatic hydroxyl groups is 1. The Morgan fingerprint density at radius 3 is 2.08 bits per heavy atom. The first-order valence-corrected chi connectivity index (χ1v) is 8.97. The molecule has 7 heteroatoms. The Morgan fingerprint density at radius 2 is 1.46 bits per heavy atom. The summed E-state index contributed by atoms with van der Waals surface area (Å²) in [4.78, 5) is 11.8. The maximum absolute atomic E-state index is 12.4. The number of ketones is 1. The van der Waals surface area contributed by atoms with Crippen LogP contribution >= 0.6 is 0 Å². The standard InChI is InChI=1S/C19H14O6S/c20-15-8-11-17(18(12-15)26(22,23)24)25-16-9-6-14(7-10-16)19(21)13-4-2-1-3-5-13/h1-12,20H,(H,22,23,24). The number of ether oxygens (including phenoxy) is 1. The van der Waals surface area contributed by atoms with Crippen molar-refractivity contribution in [3.63, 3.8) is 0 Å². The summed E-state index contributed by atoms with van der Waals surface area (Å²) in [5.41, 5.74) is 0.998. The maximum atomic E-state index is 12.4. The molecule has 26 heavy (non-hydrogen) atoms. The summed E-state index contributed by atoms with van der Waals surface area (Å²) < 4.78 is 37.6. The number of hydrogen-bond donors (Lipinski definition) is 2. The van der Waals surface area contributed by atoms with Crippen LogP contribution < -0.4 is 4.74 Å². The lowest BCUT2D eigenvalue weighted by Crippen LogP contribution is -2.02. The molecule has 0 radical (unpaired) electrons. The van der Waals surface area contributed by atoms with Crippen LogP contribution in [0.15, 0.2) is 77.7 Å². The first-order chi connectivity index (χ1) is 12.3. The number of phenolic OH excluding ortho intramolecular Hbond substituents is 1. The molecule has 0 aliphatic rings. The number of rotatable bonds is 5. The maximum Gasteiger partial charge on any atom is 0.298 e. The molecular weight excluding hydrogens is 356 g/mol. The Labute approximate surface area is 150 Å². The van der Waals surface area contributed by atoms with Gasteiger partial charge >= 0.3 is 0 Å². The summed E-state index contributed by atoms with van der Waals surface area (Å²) in [7, 11) is -4.57. The van der Waals surface area contributed by atoms with E-state index in [4.69, 9.17) is 4.74 Å². The van der Waals surface area contributed by atoms with Gasteiger partial charge in [-0.25, -0.2) is 0 Å². The van der Waals surface area contributed by atoms with Gasteiger partial charge in [0.05, 0.1) is 0 Å². The second-order valence-corrected chi connectivity index (χ2v) is 6.82. The molecule has 0 aliphatic carbocycles. The van der Waals surface area contributed by atoms with Crippen molar-refractivity contribution in [3.8, 4) is 17.2 Å². The van der Waals surface area contributed by atoms with Gasteiger partial charge in [-0.3, -0.25) is 9.35 Å². The Kier molecular flexibility index (Phi) is 4.75. The molecule has 0 unspecified atom stereocenters. The Hall–Kier alpha value is -3.16. The van der Waals surface area contributed by atoms with E-state index in [0.29, 0.717) is 11.1 Å². The molecule has 0 saturated heterocycles. The molecule has 0 spiro atoms. The lowest BCUT2D eigenvalue weighted by molar-refractivity contribution is 0.103. The van der Waals surface area contributed by atoms with Gasteiger partial charge in [0.15, 0.2) is 5.78 Å². The minimum atomic E-state index is -4.57. The van der Waals surface area contributed by atoms with Gasteiger partial charge in [0.2, 0.25) is 0 Å². The summed E-state index contributed by atoms with van der Waals surface area (Å²) in [5.74, 6) is -0.355. The van der Waals surface area contributed by atoms with Crippen LogP contribution in [0.3, 0.4) is 0 Å². The van der Waals surface area contributed by atoms with Crippen molar-refractivity contribution >= 4 is 15.9 Å². The number of carbonyl (C=O) groups is 1. The number of benzene rings is 3. The normalized spacial score (nSPS) is 11.1. The third-order valence-corrected chi connectivity index (χ3v) is 4.46. The highest BCUT2D eigenvalue weighted by Crippen LogP contribution is 2.31. The molecule has 3 aromatic rings. The van der Waals surface area contributed by atoms with Gasteiger partial charge in [0.1, 0.15) is 22.1 Å². The highest BCUT2D eigenvalue weighted by Gasteiger charge is 2.18. The van der Waals surface area contributed by atoms with Crippen molar-refractivity contribution in [2.45, 2.75) is 4.90 Å². The average molecular weight is 370 g/mol. The molecule has 0 bridgehead atoms. The van der Waals surface area contributed by atoms with E-state index >= 15 is 0 Å². The minimum Gasteiger partial charge on any atom is -0.508 e. The molecular formula is C19H14O6S. The van der Waals surface area contributed by atoms with E-state index in [9.17, 15) is 22.9 Å². The van der Waals surface area contributed by atoms with Gasteiger partial charge in [-0.15, -0.1) is 0 Å². The van der Waals surface area contributed by atoms with Crippen LogP contribution in [0.5, 0.6) is 17.2 Å². The number of hydrogen-bond acceptors (Lipinski definition) is 5. The molecule has 0 fully saturated rings. The summed E-state index contributed by atoms with van der Waals surface area (Å²) in [5, 5.41) is 9.40. The monoisotopic (exact) mass is 370 g/mol. The topological polar surface area (TPSA) is 101 Å². The van der Waals surface area contributed by atoms with Gasteiger partial charge < -0.3 is 9.84 Å². The van der Waals surface area contributed by atoms with E-state index in [0.717, 1.165) is 6.07 Å². The second kappa shape index (κ2) is 6.99. The molecule has 132 valence electrons. The molecule has 0 aliphatic heterocycles. The second-order valence-electron chi connectivity index (χ2n) is 5.43. The van der Waals surface area contributed by atoms with E-state index < -0.39 is 15.0 Å². The van der Waals surface area contributed by atoms with Crippen LogP contribution in [0.25, 0.3) is 0 Å². The van der Waals surface area contributed by atoms with E-state index in [-0.39, 0.29) is 23.0 Å². The predicted molar refractivity (Wildman–Crippen MR) is 94.3 cm³/mol. The quantitative estimate of drug-likeness (QED) is 0.525. The van der Waals surface area contributed by atoms with Gasteiger partial charge in [0.25, 0.3) is 10.1 Å². The zero-order valence-electron chi connectivity index (χ0n) is 13.4. The van der Waals surface area contributed by atoms with Crippen LogP contribution in [0.1, 0.15) is 15.9 Å². The molecule has 3 rings (SSSR count). The van der Waals surface area contributed by atoms with Crippen LogP contribution in [0.2, 0.25) is 0 Å². The van der Waals surface area contributed by atoms with Crippen LogP contribution in [-0.4, -0.2) is 23.9 Å². The highest BCUT2D eigenvalue weighted by atomic mass is 32.2. The van der Waals surface area contributed by atoms with Gasteiger partial charge in [-0.05, 0) is 36.4 Å². The Bertz CT molecular complexity index is 1040. The third-order valence-electron chi connectivity index (χ3n) is 3.59. The predicted octanol–water partition coefficient (Wildman–Crippen LogP) is 3.66. The van der Waals surface area contributed by atoms with Gasteiger partial charge in [-0.1, -0.05) is 30.3 Å². The van der Waals surface area contributed by atoms with Gasteiger partial charge in [-0.2, -0.15) is 8.42 Å². The van der Waals surface area contributed by atoms with Crippen molar-refractivity contribution in [2.75, 3.05) is 0 Å². The van der Waals surface area contributed by atoms with E-state index in [1.54, 1.807) is 36.4 Å². The van der Waals surface area contributed by atoms with Crippen molar-refractivity contribution in [1.29, 1.82) is 0 Å². The Balaban J connectivity index is 1.86. The Morgan fingerprint density at radius 1 is 0.846 bits per heavy atom. The lowest BCUT2D eigenvalue weighted by atomic mass is 10.0. The fraction of sp³-hybridized carbons (Fsp3) is 0. The molecule has 0 saturated carbocycles. The summed E-state index contributed by atoms with van der Waals surface area (Å²) in [6.45, 7) is 0. The first kappa shape index (κ1) is 17.7. The summed E-state index contributed by atoms with van der Waals surface area (Å²) >= 11 is 0. The average Bonchev–Trinajstić information content (AvgIpc) is 2.63. The largest absolute Gasteiger partial charge is 0.508 e. The zero-order valence-corrected chi connectivity index (χ0v) is 14.2. The fourth-order valence-electron chi connectivity index (χ4n) is 2.34. The fourth-order valence-corrected chi connectivity index (χ4v) is 2.97. The minimum absolute atomic E-state index is 0.146. The number of phenols is 1. The van der Waals surface area contributed by atoms with Crippen molar-refractivity contribution in [3.05, 3.63) is 83.9 Å². The molecule has 3 aromatic carbocycles. The molecule has 0 heterocycles. The molecule has 0 amide bonds. The zero-order chi connectivity index (χ0) is 18.7. The summed E-state index contributed by atoms with van der Waals surface area (Å²) in [6, 6.07) is 18.3. The van der Waals surface area contributed by atoms with Crippen LogP contribution in [0.4, 0.5) is 0 Å². The van der Waals surface area contributed by atoms with Crippen LogP contribution in [-0.2, 0) is 10.1 Å². The number of carbonyl (C=O) groups excluding carboxylic acids is 1. The van der Waals surface area contributed by atoms with Crippen LogP contribution in [0, 0.1) is 0 Å². The van der Waals surface area contributed by atoms with Crippen molar-refractivity contribution in [1.82, 2.24) is 0 Å². The molecule has 0 aromatic heterocycles. The highest BCUT2D eigenvalue weighted by molar-refractivity contribution is 7.86. The molecule has 0 atom stereocenters. The lowest BCUT2D eigenvalue weighted by Gasteiger charge is -2.10. The van der Waals surface area contributed by atoms with E-state index in [1.165, 1.54) is 24.3 Å².